The molecule has 0 saturated heterocycles. The molecule has 0 unspecified atom stereocenters. The highest BCUT2D eigenvalue weighted by Crippen LogP contribution is 2.30. The number of nitrogen functional groups attached to an aromatic ring is 1. The highest BCUT2D eigenvalue weighted by atomic mass is 16.1. The molecule has 30 heavy (non-hydrogen) atoms. The number of nitrogens with one attached hydrogen (secondary N) is 2. The molecule has 9 heteroatoms. The van der Waals surface area contributed by atoms with E-state index in [1.165, 1.54) is 0 Å². The maximum absolute atomic E-state index is 12.7. The summed E-state index contributed by atoms with van der Waals surface area (Å²) in [6.45, 7) is 3.18. The number of fused-ring (bicyclic) bond motifs is 1. The molecule has 0 aromatic carbocycles. The maximum Gasteiger partial charge on any atom is 0.273 e. The highest BCUT2D eigenvalue weighted by Gasteiger charge is 2.20. The molecule has 0 aliphatic rings. The molecule has 4 aromatic rings. The second-order valence-corrected chi connectivity index (χ2v) is 7.34. The fourth-order valence-electron chi connectivity index (χ4n) is 3.20. The number of H-pyrrole nitrogens is 1. The van der Waals surface area contributed by atoms with Crippen LogP contribution >= 0.6 is 0 Å². The normalized spacial score (nSPS) is 11.3. The lowest BCUT2D eigenvalue weighted by atomic mass is 10.1. The first-order valence-corrected chi connectivity index (χ1v) is 9.62. The van der Waals surface area contributed by atoms with Crippen molar-refractivity contribution < 1.29 is 4.79 Å². The molecule has 4 heterocycles. The number of pyridine rings is 1. The molecule has 0 bridgehead atoms. The van der Waals surface area contributed by atoms with Gasteiger partial charge in [-0.05, 0) is 45.3 Å². The minimum atomic E-state index is -0.346. The standard InChI is InChI=1S/C21H24N8O/c1-13-11-25-16-7-6-14(12-29(13)16)17-18(15-5-4-8-23-15)27-20(22)19(26-17)21(30)24-9-10-28(2)3/h4-8,11-12,23H,9-10H2,1-3H3,(H2,22,27)(H,24,30). The lowest BCUT2D eigenvalue weighted by molar-refractivity contribution is 0.0947. The van der Waals surface area contributed by atoms with E-state index in [-0.39, 0.29) is 17.4 Å². The van der Waals surface area contributed by atoms with Gasteiger partial charge in [-0.15, -0.1) is 0 Å². The van der Waals surface area contributed by atoms with Crippen molar-refractivity contribution in [2.24, 2.45) is 0 Å². The number of likely N-dealkylation sites (N-methyl/N-ethyl adjacent to an activating group) is 1. The van der Waals surface area contributed by atoms with E-state index < -0.39 is 0 Å². The Morgan fingerprint density at radius 1 is 1.23 bits per heavy atom. The van der Waals surface area contributed by atoms with E-state index in [1.54, 1.807) is 0 Å². The summed E-state index contributed by atoms with van der Waals surface area (Å²) in [4.78, 5) is 31.4. The van der Waals surface area contributed by atoms with Crippen LogP contribution in [0.4, 0.5) is 5.82 Å². The van der Waals surface area contributed by atoms with Crippen LogP contribution in [0.1, 0.15) is 16.2 Å². The van der Waals surface area contributed by atoms with Gasteiger partial charge in [0, 0.05) is 42.9 Å². The monoisotopic (exact) mass is 404 g/mol. The van der Waals surface area contributed by atoms with E-state index in [2.05, 4.69) is 25.3 Å². The molecule has 4 rings (SSSR count). The van der Waals surface area contributed by atoms with Gasteiger partial charge in [0.15, 0.2) is 11.5 Å². The molecule has 0 saturated carbocycles. The zero-order valence-corrected chi connectivity index (χ0v) is 17.2. The Hall–Kier alpha value is -3.72. The van der Waals surface area contributed by atoms with Crippen LogP contribution in [-0.4, -0.2) is 62.3 Å². The van der Waals surface area contributed by atoms with E-state index in [0.717, 1.165) is 22.6 Å². The van der Waals surface area contributed by atoms with Crippen molar-refractivity contribution in [3.8, 4) is 22.6 Å². The quantitative estimate of drug-likeness (QED) is 0.452. The van der Waals surface area contributed by atoms with Crippen LogP contribution in [0.25, 0.3) is 28.3 Å². The minimum Gasteiger partial charge on any atom is -0.382 e. The average Bonchev–Trinajstić information content (AvgIpc) is 3.37. The largest absolute Gasteiger partial charge is 0.382 e. The van der Waals surface area contributed by atoms with Crippen molar-refractivity contribution in [1.29, 1.82) is 0 Å². The number of hydrogen-bond donors (Lipinski definition) is 3. The molecule has 0 aliphatic heterocycles. The van der Waals surface area contributed by atoms with Crippen LogP contribution in [0.3, 0.4) is 0 Å². The minimum absolute atomic E-state index is 0.0885. The van der Waals surface area contributed by atoms with Gasteiger partial charge in [0.25, 0.3) is 5.91 Å². The van der Waals surface area contributed by atoms with E-state index in [9.17, 15) is 4.79 Å². The zero-order chi connectivity index (χ0) is 21.3. The van der Waals surface area contributed by atoms with E-state index in [0.29, 0.717) is 24.5 Å². The molecular weight excluding hydrogens is 380 g/mol. The number of imidazole rings is 1. The van der Waals surface area contributed by atoms with Crippen LogP contribution in [0.2, 0.25) is 0 Å². The van der Waals surface area contributed by atoms with Crippen LogP contribution in [0, 0.1) is 6.92 Å². The summed E-state index contributed by atoms with van der Waals surface area (Å²) in [6, 6.07) is 7.60. The van der Waals surface area contributed by atoms with Crippen molar-refractivity contribution >= 4 is 17.4 Å². The molecule has 4 aromatic heterocycles. The van der Waals surface area contributed by atoms with E-state index in [4.69, 9.17) is 5.73 Å². The Morgan fingerprint density at radius 2 is 2.07 bits per heavy atom. The fraction of sp³-hybridized carbons (Fsp3) is 0.238. The number of amides is 1. The molecule has 0 atom stereocenters. The molecule has 0 radical (unpaired) electrons. The van der Waals surface area contributed by atoms with Gasteiger partial charge in [0.2, 0.25) is 0 Å². The first-order valence-electron chi connectivity index (χ1n) is 9.62. The van der Waals surface area contributed by atoms with Gasteiger partial charge in [-0.1, -0.05) is 0 Å². The Kier molecular flexibility index (Phi) is 5.20. The third kappa shape index (κ3) is 3.74. The molecule has 4 N–H and O–H groups in total. The van der Waals surface area contributed by atoms with Gasteiger partial charge < -0.3 is 25.3 Å². The van der Waals surface area contributed by atoms with Crippen molar-refractivity contribution in [2.45, 2.75) is 6.92 Å². The first-order chi connectivity index (χ1) is 14.4. The first kappa shape index (κ1) is 19.6. The van der Waals surface area contributed by atoms with Gasteiger partial charge in [-0.2, -0.15) is 0 Å². The Bertz CT molecular complexity index is 1190. The van der Waals surface area contributed by atoms with E-state index >= 15 is 0 Å². The van der Waals surface area contributed by atoms with Crippen LogP contribution in [0.5, 0.6) is 0 Å². The molecule has 0 fully saturated rings. The molecular formula is C21H24N8O. The number of anilines is 1. The average molecular weight is 404 g/mol. The number of nitrogens with two attached hydrogens (primary N) is 1. The topological polar surface area (TPSA) is 117 Å². The van der Waals surface area contributed by atoms with Gasteiger partial charge in [-0.3, -0.25) is 4.79 Å². The number of rotatable bonds is 6. The summed E-state index contributed by atoms with van der Waals surface area (Å²) in [6.07, 6.45) is 5.56. The number of carbonyl (C=O) groups excluding carboxylic acids is 1. The van der Waals surface area contributed by atoms with Gasteiger partial charge in [0.05, 0.1) is 5.69 Å². The second kappa shape index (κ2) is 7.96. The van der Waals surface area contributed by atoms with Crippen molar-refractivity contribution in [3.05, 3.63) is 54.2 Å². The summed E-state index contributed by atoms with van der Waals surface area (Å²) in [7, 11) is 3.88. The number of carbonyl (C=O) groups is 1. The van der Waals surface area contributed by atoms with Gasteiger partial charge >= 0.3 is 0 Å². The second-order valence-electron chi connectivity index (χ2n) is 7.34. The van der Waals surface area contributed by atoms with Crippen molar-refractivity contribution in [1.82, 2.24) is 34.6 Å². The number of aromatic amines is 1. The number of nitrogens with zero attached hydrogens (tertiary/aromatic N) is 5. The Morgan fingerprint density at radius 3 is 2.80 bits per heavy atom. The highest BCUT2D eigenvalue weighted by molar-refractivity contribution is 5.97. The third-order valence-corrected chi connectivity index (χ3v) is 4.80. The zero-order valence-electron chi connectivity index (χ0n) is 17.2. The third-order valence-electron chi connectivity index (χ3n) is 4.80. The molecule has 154 valence electrons. The fourth-order valence-corrected chi connectivity index (χ4v) is 3.20. The van der Waals surface area contributed by atoms with Crippen LogP contribution in [-0.2, 0) is 0 Å². The summed E-state index contributed by atoms with van der Waals surface area (Å²) in [5.74, 6) is -0.258. The lowest BCUT2D eigenvalue weighted by Gasteiger charge is -2.14. The summed E-state index contributed by atoms with van der Waals surface area (Å²) < 4.78 is 1.97. The smallest absolute Gasteiger partial charge is 0.273 e. The van der Waals surface area contributed by atoms with Crippen LogP contribution < -0.4 is 11.1 Å². The summed E-state index contributed by atoms with van der Waals surface area (Å²) in [5.41, 5.74) is 10.8. The summed E-state index contributed by atoms with van der Waals surface area (Å²) in [5, 5.41) is 2.85. The Balaban J connectivity index is 1.81. The van der Waals surface area contributed by atoms with Crippen molar-refractivity contribution in [3.63, 3.8) is 0 Å². The number of aryl methyl sites for hydroxylation is 1. The SMILES string of the molecule is Cc1cnc2ccc(-c3nc(C(=O)NCCN(C)C)c(N)nc3-c3ccc[nH]3)cn12. The molecule has 9 nitrogen and oxygen atoms in total. The van der Waals surface area contributed by atoms with E-state index in [1.807, 2.05) is 73.2 Å². The predicted molar refractivity (Wildman–Crippen MR) is 116 cm³/mol. The molecule has 0 aliphatic carbocycles. The van der Waals surface area contributed by atoms with Crippen LogP contribution in [0.15, 0.2) is 42.9 Å². The maximum atomic E-state index is 12.7. The van der Waals surface area contributed by atoms with Gasteiger partial charge in [0.1, 0.15) is 17.0 Å². The predicted octanol–water partition coefficient (Wildman–Crippen LogP) is 1.97. The summed E-state index contributed by atoms with van der Waals surface area (Å²) >= 11 is 0. The Labute approximate surface area is 174 Å². The van der Waals surface area contributed by atoms with Gasteiger partial charge in [-0.25, -0.2) is 15.0 Å². The number of aromatic nitrogens is 5. The number of hydrogen-bond acceptors (Lipinski definition) is 6. The van der Waals surface area contributed by atoms with Crippen molar-refractivity contribution in [2.75, 3.05) is 32.9 Å². The molecule has 0 spiro atoms. The molecule has 1 amide bonds. The lowest BCUT2D eigenvalue weighted by Crippen LogP contribution is -2.32.